The Morgan fingerprint density at radius 2 is 2.16 bits per heavy atom. The number of aryl methyl sites for hydroxylation is 1. The molecule has 0 saturated carbocycles. The Kier molecular flexibility index (Phi) is 4.51. The van der Waals surface area contributed by atoms with Crippen LogP contribution in [0.15, 0.2) is 36.7 Å². The number of benzene rings is 1. The van der Waals surface area contributed by atoms with Crippen LogP contribution in [-0.4, -0.2) is 12.0 Å². The molecule has 1 N–H and O–H groups in total. The van der Waals surface area contributed by atoms with Gasteiger partial charge in [-0.25, -0.2) is 4.39 Å². The lowest BCUT2D eigenvalue weighted by Gasteiger charge is -2.19. The van der Waals surface area contributed by atoms with Crippen molar-refractivity contribution < 1.29 is 4.39 Å². The Bertz CT molecular complexity index is 572. The Morgan fingerprint density at radius 1 is 1.37 bits per heavy atom. The number of nitrogens with one attached hydrogen (secondary N) is 1. The van der Waals surface area contributed by atoms with E-state index in [4.69, 9.17) is 11.6 Å². The third kappa shape index (κ3) is 3.31. The first kappa shape index (κ1) is 14.0. The van der Waals surface area contributed by atoms with E-state index in [9.17, 15) is 4.39 Å². The molecule has 0 aliphatic carbocycles. The third-order valence-corrected chi connectivity index (χ3v) is 3.58. The van der Waals surface area contributed by atoms with E-state index in [1.54, 1.807) is 24.5 Å². The molecule has 1 aromatic carbocycles. The van der Waals surface area contributed by atoms with Gasteiger partial charge in [-0.3, -0.25) is 4.98 Å². The Hall–Kier alpha value is -1.45. The summed E-state index contributed by atoms with van der Waals surface area (Å²) in [6, 6.07) is 6.78. The van der Waals surface area contributed by atoms with Gasteiger partial charge in [-0.05, 0) is 55.3 Å². The van der Waals surface area contributed by atoms with E-state index in [1.165, 1.54) is 6.07 Å². The maximum Gasteiger partial charge on any atom is 0.123 e. The molecule has 0 bridgehead atoms. The number of hydrogen-bond acceptors (Lipinski definition) is 2. The monoisotopic (exact) mass is 278 g/mol. The average Bonchev–Trinajstić information content (AvgIpc) is 2.41. The zero-order valence-electron chi connectivity index (χ0n) is 11.0. The highest BCUT2D eigenvalue weighted by Gasteiger charge is 2.15. The summed E-state index contributed by atoms with van der Waals surface area (Å²) >= 11 is 6.16. The lowest BCUT2D eigenvalue weighted by atomic mass is 9.96. The number of hydrogen-bond donors (Lipinski definition) is 1. The van der Waals surface area contributed by atoms with Crippen molar-refractivity contribution in [3.05, 3.63) is 64.2 Å². The van der Waals surface area contributed by atoms with Crippen LogP contribution in [0.1, 0.15) is 22.7 Å². The van der Waals surface area contributed by atoms with Crippen LogP contribution in [-0.2, 0) is 6.42 Å². The minimum Gasteiger partial charge on any atom is -0.313 e. The van der Waals surface area contributed by atoms with Crippen LogP contribution in [0.25, 0.3) is 0 Å². The lowest BCUT2D eigenvalue weighted by Crippen LogP contribution is -2.19. The topological polar surface area (TPSA) is 24.9 Å². The quantitative estimate of drug-likeness (QED) is 0.923. The number of rotatable bonds is 4. The summed E-state index contributed by atoms with van der Waals surface area (Å²) in [6.45, 7) is 1.98. The molecule has 2 nitrogen and oxygen atoms in total. The SMILES string of the molecule is CNC(Cc1cc(F)ccc1C)c1ccncc1Cl. The second kappa shape index (κ2) is 6.13. The lowest BCUT2D eigenvalue weighted by molar-refractivity contribution is 0.582. The van der Waals surface area contributed by atoms with Crippen LogP contribution < -0.4 is 5.32 Å². The number of nitrogens with zero attached hydrogens (tertiary/aromatic N) is 1. The highest BCUT2D eigenvalue weighted by Crippen LogP contribution is 2.25. The Morgan fingerprint density at radius 3 is 2.84 bits per heavy atom. The van der Waals surface area contributed by atoms with Crippen molar-refractivity contribution in [1.29, 1.82) is 0 Å². The second-order valence-corrected chi connectivity index (χ2v) is 4.92. The van der Waals surface area contributed by atoms with Crippen LogP contribution in [0.3, 0.4) is 0 Å². The molecule has 0 amide bonds. The smallest absolute Gasteiger partial charge is 0.123 e. The molecule has 1 unspecified atom stereocenters. The van der Waals surface area contributed by atoms with Crippen molar-refractivity contribution in [2.75, 3.05) is 7.05 Å². The minimum atomic E-state index is -0.212. The highest BCUT2D eigenvalue weighted by molar-refractivity contribution is 6.31. The van der Waals surface area contributed by atoms with Crippen LogP contribution in [0.2, 0.25) is 5.02 Å². The minimum absolute atomic E-state index is 0.0380. The Balaban J connectivity index is 2.29. The van der Waals surface area contributed by atoms with Crippen LogP contribution >= 0.6 is 11.6 Å². The fourth-order valence-corrected chi connectivity index (χ4v) is 2.37. The van der Waals surface area contributed by atoms with Crippen molar-refractivity contribution in [2.45, 2.75) is 19.4 Å². The van der Waals surface area contributed by atoms with E-state index in [0.717, 1.165) is 16.7 Å². The van der Waals surface area contributed by atoms with E-state index in [1.807, 2.05) is 20.0 Å². The summed E-state index contributed by atoms with van der Waals surface area (Å²) in [6.07, 6.45) is 4.02. The molecule has 0 radical (unpaired) electrons. The van der Waals surface area contributed by atoms with Gasteiger partial charge < -0.3 is 5.32 Å². The summed E-state index contributed by atoms with van der Waals surface area (Å²) in [7, 11) is 1.87. The fourth-order valence-electron chi connectivity index (χ4n) is 2.12. The summed E-state index contributed by atoms with van der Waals surface area (Å²) in [4.78, 5) is 3.98. The van der Waals surface area contributed by atoms with Gasteiger partial charge in [0, 0.05) is 18.4 Å². The highest BCUT2D eigenvalue weighted by atomic mass is 35.5. The largest absolute Gasteiger partial charge is 0.313 e. The molecule has 0 spiro atoms. The standard InChI is InChI=1S/C15H16ClFN2/c1-10-3-4-12(17)7-11(10)8-15(18-2)13-5-6-19-9-14(13)16/h3-7,9,15,18H,8H2,1-2H3. The van der Waals surface area contributed by atoms with E-state index in [2.05, 4.69) is 10.3 Å². The molecule has 1 aromatic heterocycles. The Labute approximate surface area is 117 Å². The molecule has 0 aliphatic rings. The molecule has 0 fully saturated rings. The predicted molar refractivity (Wildman–Crippen MR) is 75.9 cm³/mol. The first-order valence-corrected chi connectivity index (χ1v) is 6.51. The zero-order chi connectivity index (χ0) is 13.8. The first-order valence-electron chi connectivity index (χ1n) is 6.13. The van der Waals surface area contributed by atoms with E-state index in [0.29, 0.717) is 11.4 Å². The number of halogens is 2. The van der Waals surface area contributed by atoms with E-state index in [-0.39, 0.29) is 11.9 Å². The zero-order valence-corrected chi connectivity index (χ0v) is 11.7. The predicted octanol–water partition coefficient (Wildman–Crippen LogP) is 3.69. The number of pyridine rings is 1. The molecular formula is C15H16ClFN2. The first-order chi connectivity index (χ1) is 9.11. The van der Waals surface area contributed by atoms with Gasteiger partial charge in [0.2, 0.25) is 0 Å². The fraction of sp³-hybridized carbons (Fsp3) is 0.267. The molecule has 0 saturated heterocycles. The third-order valence-electron chi connectivity index (χ3n) is 3.26. The molecule has 4 heteroatoms. The van der Waals surface area contributed by atoms with Crippen molar-refractivity contribution >= 4 is 11.6 Å². The van der Waals surface area contributed by atoms with E-state index >= 15 is 0 Å². The summed E-state index contributed by atoms with van der Waals surface area (Å²) in [5, 5.41) is 3.84. The van der Waals surface area contributed by atoms with Crippen LogP contribution in [0, 0.1) is 12.7 Å². The van der Waals surface area contributed by atoms with Gasteiger partial charge in [0.05, 0.1) is 5.02 Å². The molecule has 2 rings (SSSR count). The average molecular weight is 279 g/mol. The molecule has 1 heterocycles. The van der Waals surface area contributed by atoms with Crippen molar-refractivity contribution in [2.24, 2.45) is 0 Å². The van der Waals surface area contributed by atoms with Gasteiger partial charge in [0.25, 0.3) is 0 Å². The van der Waals surface area contributed by atoms with Gasteiger partial charge in [0.15, 0.2) is 0 Å². The number of likely N-dealkylation sites (N-methyl/N-ethyl adjacent to an activating group) is 1. The summed E-state index contributed by atoms with van der Waals surface area (Å²) in [5.74, 6) is -0.212. The van der Waals surface area contributed by atoms with Crippen LogP contribution in [0.4, 0.5) is 4.39 Å². The summed E-state index contributed by atoms with van der Waals surface area (Å²) < 4.78 is 13.3. The molecular weight excluding hydrogens is 263 g/mol. The van der Waals surface area contributed by atoms with E-state index < -0.39 is 0 Å². The maximum atomic E-state index is 13.3. The summed E-state index contributed by atoms with van der Waals surface area (Å²) in [5.41, 5.74) is 3.03. The number of aromatic nitrogens is 1. The maximum absolute atomic E-state index is 13.3. The molecule has 1 atom stereocenters. The van der Waals surface area contributed by atoms with Gasteiger partial charge in [-0.1, -0.05) is 17.7 Å². The molecule has 0 aliphatic heterocycles. The van der Waals surface area contributed by atoms with Crippen molar-refractivity contribution in [3.63, 3.8) is 0 Å². The molecule has 100 valence electrons. The molecule has 2 aromatic rings. The van der Waals surface area contributed by atoms with Crippen molar-refractivity contribution in [1.82, 2.24) is 10.3 Å². The van der Waals surface area contributed by atoms with Gasteiger partial charge >= 0.3 is 0 Å². The van der Waals surface area contributed by atoms with Crippen LogP contribution in [0.5, 0.6) is 0 Å². The van der Waals surface area contributed by atoms with Gasteiger partial charge in [-0.15, -0.1) is 0 Å². The second-order valence-electron chi connectivity index (χ2n) is 4.51. The van der Waals surface area contributed by atoms with Gasteiger partial charge in [0.1, 0.15) is 5.82 Å². The molecule has 19 heavy (non-hydrogen) atoms. The van der Waals surface area contributed by atoms with Crippen molar-refractivity contribution in [3.8, 4) is 0 Å². The van der Waals surface area contributed by atoms with Gasteiger partial charge in [-0.2, -0.15) is 0 Å². The normalized spacial score (nSPS) is 12.4.